The molecule has 11 nitrogen and oxygen atoms in total. The van der Waals surface area contributed by atoms with Crippen LogP contribution in [0.25, 0.3) is 0 Å². The number of hydrogen-bond donors (Lipinski definition) is 1. The number of amides is 1. The number of hydrogen-bond acceptors (Lipinski definition) is 8. The Morgan fingerprint density at radius 3 is 1.86 bits per heavy atom. The Bertz CT molecular complexity index is 1320. The van der Waals surface area contributed by atoms with Crippen LogP contribution in [-0.4, -0.2) is 86.2 Å². The molecule has 6 rings (SSSR count). The summed E-state index contributed by atoms with van der Waals surface area (Å²) < 4.78 is 57.6. The largest absolute Gasteiger partial charge is 0.479 e. The highest BCUT2D eigenvalue weighted by Crippen LogP contribution is 2.50. The second-order valence-corrected chi connectivity index (χ2v) is 11.4. The molecule has 1 N–H and O–H groups in total. The van der Waals surface area contributed by atoms with Crippen LogP contribution in [0.2, 0.25) is 5.15 Å². The lowest BCUT2D eigenvalue weighted by Gasteiger charge is -2.02. The first-order valence-corrected chi connectivity index (χ1v) is 14.0. The molecule has 0 spiro atoms. The lowest BCUT2D eigenvalue weighted by Crippen LogP contribution is -2.21. The summed E-state index contributed by atoms with van der Waals surface area (Å²) in [6.45, 7) is 1.87. The van der Waals surface area contributed by atoms with Crippen molar-refractivity contribution in [2.75, 3.05) is 13.7 Å². The number of rotatable bonds is 8. The summed E-state index contributed by atoms with van der Waals surface area (Å²) in [6.07, 6.45) is 3.14. The smallest absolute Gasteiger partial charge is 0.341 e. The van der Waals surface area contributed by atoms with E-state index in [1.165, 1.54) is 9.69 Å². The molecule has 0 radical (unpaired) electrons. The molecule has 2 heterocycles. The van der Waals surface area contributed by atoms with E-state index in [1.807, 2.05) is 0 Å². The number of Topliss-reactive ketones (excluding diaryl/α,β-unsaturated/α-hetero) is 1. The summed E-state index contributed by atoms with van der Waals surface area (Å²) in [5.74, 6) is -2.69. The molecule has 0 atom stereocenters. The number of hydrazone groups is 1. The molecule has 0 bridgehead atoms. The average Bonchev–Trinajstić information content (AvgIpc) is 3.81. The molecule has 4 fully saturated rings. The van der Waals surface area contributed by atoms with Crippen LogP contribution in [-0.2, 0) is 36.6 Å². The Morgan fingerprint density at radius 2 is 1.51 bits per heavy atom. The van der Waals surface area contributed by atoms with Crippen LogP contribution in [0.4, 0.5) is 17.6 Å². The van der Waals surface area contributed by atoms with Crippen molar-refractivity contribution in [2.45, 2.75) is 93.8 Å². The molecule has 1 aromatic heterocycles. The molecule has 1 aromatic rings. The molecule has 5 aliphatic rings. The Kier molecular flexibility index (Phi) is 10.1. The van der Waals surface area contributed by atoms with Gasteiger partial charge < -0.3 is 9.84 Å². The van der Waals surface area contributed by atoms with Crippen molar-refractivity contribution in [1.29, 1.82) is 0 Å². The fraction of sp³-hybridized carbons (Fsp3) is 0.667. The molecule has 4 aliphatic carbocycles. The van der Waals surface area contributed by atoms with Gasteiger partial charge in [-0.15, -0.1) is 0 Å². The highest BCUT2D eigenvalue weighted by atomic mass is 35.5. The monoisotopic (exact) mass is 636 g/mol. The summed E-state index contributed by atoms with van der Waals surface area (Å²) in [6, 6.07) is 0. The minimum atomic E-state index is -1.83. The number of aryl methyl sites for hydroxylation is 1. The lowest BCUT2D eigenvalue weighted by molar-refractivity contribution is -0.147. The Hall–Kier alpha value is -3.36. The third-order valence-electron chi connectivity index (χ3n) is 7.27. The number of esters is 1. The minimum absolute atomic E-state index is 0.107. The number of halogens is 5. The van der Waals surface area contributed by atoms with Gasteiger partial charge in [0.15, 0.2) is 29.1 Å². The molecule has 238 valence electrons. The number of ketones is 1. The third kappa shape index (κ3) is 8.61. The molecule has 43 heavy (non-hydrogen) atoms. The van der Waals surface area contributed by atoms with Gasteiger partial charge in [0, 0.05) is 14.1 Å². The van der Waals surface area contributed by atoms with Crippen molar-refractivity contribution < 1.29 is 51.4 Å². The quantitative estimate of drug-likeness (QED) is 0.194. The maximum absolute atomic E-state index is 13.6. The number of carboxylic acids is 1. The molecule has 4 saturated carbocycles. The highest BCUT2D eigenvalue weighted by Gasteiger charge is 2.52. The maximum Gasteiger partial charge on any atom is 0.341 e. The molecular formula is C27H33ClF4N4O7. The van der Waals surface area contributed by atoms with E-state index in [-0.39, 0.29) is 61.0 Å². The molecular weight excluding hydrogens is 604 g/mol. The number of aliphatic carboxylic acids is 1. The van der Waals surface area contributed by atoms with E-state index in [2.05, 4.69) is 14.9 Å². The van der Waals surface area contributed by atoms with E-state index in [0.717, 1.165) is 0 Å². The summed E-state index contributed by atoms with van der Waals surface area (Å²) >= 11 is 5.75. The van der Waals surface area contributed by atoms with Gasteiger partial charge in [0.05, 0.1) is 24.3 Å². The number of carbonyl (C=O) groups excluding carboxylic acids is 4. The van der Waals surface area contributed by atoms with Gasteiger partial charge in [0.2, 0.25) is 11.6 Å². The van der Waals surface area contributed by atoms with Crippen molar-refractivity contribution in [1.82, 2.24) is 14.8 Å². The zero-order valence-electron chi connectivity index (χ0n) is 23.9. The van der Waals surface area contributed by atoms with Crippen LogP contribution >= 0.6 is 11.6 Å². The minimum Gasteiger partial charge on any atom is -0.479 e. The van der Waals surface area contributed by atoms with Crippen LogP contribution in [0.15, 0.2) is 5.10 Å². The van der Waals surface area contributed by atoms with Gasteiger partial charge in [-0.05, 0) is 58.3 Å². The van der Waals surface area contributed by atoms with Gasteiger partial charge in [0.1, 0.15) is 17.3 Å². The van der Waals surface area contributed by atoms with Crippen molar-refractivity contribution in [3.8, 4) is 0 Å². The van der Waals surface area contributed by atoms with Crippen LogP contribution < -0.4 is 0 Å². The van der Waals surface area contributed by atoms with Gasteiger partial charge >= 0.3 is 11.9 Å². The predicted molar refractivity (Wildman–Crippen MR) is 144 cm³/mol. The Labute approximate surface area is 249 Å². The number of ether oxygens (including phenoxy) is 1. The molecule has 0 saturated heterocycles. The first kappa shape index (κ1) is 34.1. The topological polar surface area (TPSA) is 148 Å². The standard InChI is InChI=1S/C8H8ClFN2O.C8H11FO3.C7H9FN2O.C4H5FO2/c1-12-7(9)5(4-13)6(11-12)8(10)2-3-8;1-2-12-7(11)5-6(10)8(9)3-4-8;1-10-6(11)4-5(9-10)7(8)2-3-7;5-4(1-2-4)3(6)7/h4H,2-3H2,1H3;2-5H2,1H3;2-4H2,1H3;1-2H2,(H,6,7). The number of nitrogens with zero attached hydrogens (tertiary/aromatic N) is 4. The van der Waals surface area contributed by atoms with E-state index in [0.29, 0.717) is 37.7 Å². The second-order valence-electron chi connectivity index (χ2n) is 11.0. The molecule has 0 aromatic carbocycles. The van der Waals surface area contributed by atoms with Crippen molar-refractivity contribution >= 4 is 47.2 Å². The van der Waals surface area contributed by atoms with Crippen molar-refractivity contribution in [3.63, 3.8) is 0 Å². The Balaban J connectivity index is 0.000000160. The summed E-state index contributed by atoms with van der Waals surface area (Å²) in [5.41, 5.74) is -5.36. The lowest BCUT2D eigenvalue weighted by atomic mass is 10.1. The SMILES string of the molecule is CCOC(=O)CC(=O)C1(F)CC1.CN1N=C(C2(F)CC2)CC1=O.Cn1nc(C2(F)CC2)c(C=O)c1Cl.O=C(O)C1(F)CC1. The average molecular weight is 637 g/mol. The van der Waals surface area contributed by atoms with Gasteiger partial charge in [-0.3, -0.25) is 23.9 Å². The summed E-state index contributed by atoms with van der Waals surface area (Å²) in [7, 11) is 3.14. The van der Waals surface area contributed by atoms with Crippen molar-refractivity contribution in [2.24, 2.45) is 12.1 Å². The maximum atomic E-state index is 13.6. The summed E-state index contributed by atoms with van der Waals surface area (Å²) in [5, 5.41) is 17.1. The van der Waals surface area contributed by atoms with Gasteiger partial charge in [0.25, 0.3) is 0 Å². The third-order valence-corrected chi connectivity index (χ3v) is 7.72. The highest BCUT2D eigenvalue weighted by molar-refractivity contribution is 6.32. The second kappa shape index (κ2) is 12.7. The summed E-state index contributed by atoms with van der Waals surface area (Å²) in [4.78, 5) is 52.9. The fourth-order valence-electron chi connectivity index (χ4n) is 3.69. The van der Waals surface area contributed by atoms with Gasteiger partial charge in [-0.2, -0.15) is 10.2 Å². The normalized spacial score (nSPS) is 21.7. The Morgan fingerprint density at radius 1 is 0.977 bits per heavy atom. The molecule has 1 amide bonds. The van der Waals surface area contributed by atoms with Crippen LogP contribution in [0.3, 0.4) is 0 Å². The van der Waals surface area contributed by atoms with E-state index in [1.54, 1.807) is 21.0 Å². The number of aldehydes is 1. The van der Waals surface area contributed by atoms with Crippen LogP contribution in [0.5, 0.6) is 0 Å². The molecule has 16 heteroatoms. The molecule has 1 aliphatic heterocycles. The first-order valence-electron chi connectivity index (χ1n) is 13.6. The number of carbonyl (C=O) groups is 5. The zero-order chi connectivity index (χ0) is 32.4. The number of carboxylic acid groups (broad SMARTS) is 1. The number of alkyl halides is 4. The van der Waals surface area contributed by atoms with E-state index in [9.17, 15) is 41.5 Å². The van der Waals surface area contributed by atoms with Crippen LogP contribution in [0, 0.1) is 0 Å². The van der Waals surface area contributed by atoms with E-state index in [4.69, 9.17) is 16.7 Å². The number of aromatic nitrogens is 2. The van der Waals surface area contributed by atoms with Crippen molar-refractivity contribution in [3.05, 3.63) is 16.4 Å². The fourth-order valence-corrected chi connectivity index (χ4v) is 3.86. The van der Waals surface area contributed by atoms with Crippen LogP contribution in [0.1, 0.15) is 87.2 Å². The van der Waals surface area contributed by atoms with E-state index >= 15 is 0 Å². The first-order chi connectivity index (χ1) is 19.9. The predicted octanol–water partition coefficient (Wildman–Crippen LogP) is 4.14. The van der Waals surface area contributed by atoms with Gasteiger partial charge in [-0.1, -0.05) is 11.6 Å². The van der Waals surface area contributed by atoms with E-state index < -0.39 is 46.8 Å². The van der Waals surface area contributed by atoms with Gasteiger partial charge in [-0.25, -0.2) is 27.4 Å². The molecule has 0 unspecified atom stereocenters. The zero-order valence-corrected chi connectivity index (χ0v) is 24.7.